The summed E-state index contributed by atoms with van der Waals surface area (Å²) in [4.78, 5) is 12.8. The zero-order valence-electron chi connectivity index (χ0n) is 17.4. The van der Waals surface area contributed by atoms with Crippen molar-refractivity contribution >= 4 is 49.9 Å². The van der Waals surface area contributed by atoms with E-state index in [1.165, 1.54) is 7.11 Å². The Labute approximate surface area is 196 Å². The fraction of sp³-hybridized carbons (Fsp3) is 0.174. The Morgan fingerprint density at radius 1 is 0.968 bits per heavy atom. The number of hydrogen-bond acceptors (Lipinski definition) is 4. The monoisotopic (exact) mass is 550 g/mol. The van der Waals surface area contributed by atoms with Crippen molar-refractivity contribution in [3.8, 4) is 5.75 Å². The van der Waals surface area contributed by atoms with Crippen LogP contribution in [-0.4, -0.2) is 28.0 Å². The molecule has 31 heavy (non-hydrogen) atoms. The second kappa shape index (κ2) is 9.69. The first-order valence-corrected chi connectivity index (χ1v) is 12.0. The third-order valence-corrected chi connectivity index (χ3v) is 7.14. The summed E-state index contributed by atoms with van der Waals surface area (Å²) in [6.45, 7) is 3.34. The van der Waals surface area contributed by atoms with Gasteiger partial charge in [-0.05, 0) is 90.5 Å². The number of rotatable bonds is 7. The van der Waals surface area contributed by atoms with Gasteiger partial charge in [0.15, 0.2) is 0 Å². The van der Waals surface area contributed by atoms with Crippen LogP contribution < -0.4 is 14.4 Å². The minimum atomic E-state index is -4.08. The highest BCUT2D eigenvalue weighted by Crippen LogP contribution is 2.31. The number of nitrogens with one attached hydrogen (secondary N) is 1. The molecule has 0 atom stereocenters. The topological polar surface area (TPSA) is 75.7 Å². The predicted octanol–water partition coefficient (Wildman–Crippen LogP) is 4.75. The van der Waals surface area contributed by atoms with Crippen LogP contribution in [0.5, 0.6) is 5.75 Å². The number of hydrogen-bond donors (Lipinski definition) is 1. The van der Waals surface area contributed by atoms with Gasteiger partial charge >= 0.3 is 0 Å². The smallest absolute Gasteiger partial charge is 0.268 e. The van der Waals surface area contributed by atoms with Gasteiger partial charge < -0.3 is 10.1 Å². The van der Waals surface area contributed by atoms with Crippen LogP contribution in [0, 0.1) is 17.4 Å². The summed E-state index contributed by atoms with van der Waals surface area (Å²) in [6.07, 6.45) is 0. The molecule has 8 heteroatoms. The first kappa shape index (κ1) is 23.1. The number of benzene rings is 3. The lowest BCUT2D eigenvalue weighted by molar-refractivity contribution is -0.114. The molecule has 3 aromatic rings. The molecule has 0 radical (unpaired) electrons. The summed E-state index contributed by atoms with van der Waals surface area (Å²) in [7, 11) is -2.66. The van der Waals surface area contributed by atoms with Crippen molar-refractivity contribution in [3.05, 3.63) is 81.4 Å². The Morgan fingerprint density at radius 2 is 1.58 bits per heavy atom. The molecule has 0 aromatic heterocycles. The van der Waals surface area contributed by atoms with Crippen LogP contribution in [0.15, 0.2) is 71.6 Å². The summed E-state index contributed by atoms with van der Waals surface area (Å²) in [5.74, 6) is -0.224. The van der Waals surface area contributed by atoms with E-state index in [2.05, 4.69) is 27.9 Å². The van der Waals surface area contributed by atoms with Crippen molar-refractivity contribution in [2.45, 2.75) is 18.7 Å². The van der Waals surface area contributed by atoms with Crippen molar-refractivity contribution in [1.82, 2.24) is 0 Å². The number of ether oxygens (including phenoxy) is 1. The summed E-state index contributed by atoms with van der Waals surface area (Å²) in [5.41, 5.74) is 2.75. The summed E-state index contributed by atoms with van der Waals surface area (Å²) in [6, 6.07) is 19.2. The molecule has 0 aliphatic carbocycles. The molecule has 1 amide bonds. The van der Waals surface area contributed by atoms with Gasteiger partial charge in [0.05, 0.1) is 12.8 Å². The largest absolute Gasteiger partial charge is 0.495 e. The molecule has 0 aliphatic rings. The fourth-order valence-electron chi connectivity index (χ4n) is 2.99. The van der Waals surface area contributed by atoms with Gasteiger partial charge in [0, 0.05) is 9.26 Å². The van der Waals surface area contributed by atoms with E-state index in [-0.39, 0.29) is 17.2 Å². The lowest BCUT2D eigenvalue weighted by Crippen LogP contribution is -2.38. The number of nitrogens with zero attached hydrogens (tertiary/aromatic N) is 1. The molecule has 1 N–H and O–H groups in total. The summed E-state index contributed by atoms with van der Waals surface area (Å²) >= 11 is 2.17. The second-order valence-corrected chi connectivity index (χ2v) is 10.1. The van der Waals surface area contributed by atoms with Crippen LogP contribution in [0.1, 0.15) is 11.1 Å². The molecule has 162 valence electrons. The van der Waals surface area contributed by atoms with Crippen molar-refractivity contribution in [3.63, 3.8) is 0 Å². The highest BCUT2D eigenvalue weighted by molar-refractivity contribution is 14.1. The Balaban J connectivity index is 2.00. The van der Waals surface area contributed by atoms with Gasteiger partial charge in [0.2, 0.25) is 5.91 Å². The molecule has 0 saturated carbocycles. The minimum absolute atomic E-state index is 0.0117. The number of carbonyl (C=O) groups excluding carboxylic acids is 1. The van der Waals surface area contributed by atoms with Crippen molar-refractivity contribution in [1.29, 1.82) is 0 Å². The standard InChI is InChI=1S/C23H23IN2O4S/c1-16-4-11-20(12-5-16)26(15-23(27)25-19-9-7-18(24)8-10-19)31(28,29)22-14-17(2)6-13-21(22)30-3/h4-14H,15H2,1-3H3,(H,25,27). The van der Waals surface area contributed by atoms with Crippen molar-refractivity contribution in [2.75, 3.05) is 23.3 Å². The first-order chi connectivity index (χ1) is 14.7. The van der Waals surface area contributed by atoms with Crippen molar-refractivity contribution < 1.29 is 17.9 Å². The van der Waals surface area contributed by atoms with E-state index < -0.39 is 15.9 Å². The van der Waals surface area contributed by atoms with Gasteiger partial charge in [0.1, 0.15) is 17.2 Å². The highest BCUT2D eigenvalue weighted by Gasteiger charge is 2.30. The molecule has 6 nitrogen and oxygen atoms in total. The molecular formula is C23H23IN2O4S. The maximum atomic E-state index is 13.6. The predicted molar refractivity (Wildman–Crippen MR) is 131 cm³/mol. The van der Waals surface area contributed by atoms with Crippen LogP contribution in [0.25, 0.3) is 0 Å². The SMILES string of the molecule is COc1ccc(C)cc1S(=O)(=O)N(CC(=O)Nc1ccc(I)cc1)c1ccc(C)cc1. The van der Waals surface area contributed by atoms with Crippen LogP contribution in [-0.2, 0) is 14.8 Å². The van der Waals surface area contributed by atoms with Crippen LogP contribution in [0.4, 0.5) is 11.4 Å². The fourth-order valence-corrected chi connectivity index (χ4v) is 5.02. The van der Waals surface area contributed by atoms with Gasteiger partial charge in [0.25, 0.3) is 10.0 Å². The number of aryl methyl sites for hydroxylation is 2. The zero-order chi connectivity index (χ0) is 22.6. The molecule has 0 heterocycles. The average molecular weight is 550 g/mol. The number of halogens is 1. The normalized spacial score (nSPS) is 11.1. The highest BCUT2D eigenvalue weighted by atomic mass is 127. The molecule has 0 unspecified atom stereocenters. The lowest BCUT2D eigenvalue weighted by atomic mass is 10.2. The van der Waals surface area contributed by atoms with Gasteiger partial charge in [-0.3, -0.25) is 9.10 Å². The van der Waals surface area contributed by atoms with E-state index in [1.54, 1.807) is 49.4 Å². The Morgan fingerprint density at radius 3 is 2.19 bits per heavy atom. The molecule has 0 saturated heterocycles. The van der Waals surface area contributed by atoms with Crippen LogP contribution >= 0.6 is 22.6 Å². The second-order valence-electron chi connectivity index (χ2n) is 7.06. The van der Waals surface area contributed by atoms with E-state index >= 15 is 0 Å². The summed E-state index contributed by atoms with van der Waals surface area (Å²) < 4.78 is 34.7. The van der Waals surface area contributed by atoms with E-state index in [9.17, 15) is 13.2 Å². The minimum Gasteiger partial charge on any atom is -0.495 e. The third kappa shape index (κ3) is 5.56. The maximum Gasteiger partial charge on any atom is 0.268 e. The molecule has 0 spiro atoms. The first-order valence-electron chi connectivity index (χ1n) is 9.50. The Bertz CT molecular complexity index is 1180. The number of carbonyl (C=O) groups is 1. The number of amides is 1. The average Bonchev–Trinajstić information content (AvgIpc) is 2.74. The lowest BCUT2D eigenvalue weighted by Gasteiger charge is -2.25. The molecule has 0 aliphatic heterocycles. The van der Waals surface area contributed by atoms with E-state index in [1.807, 2.05) is 31.2 Å². The molecule has 0 fully saturated rings. The third-order valence-electron chi connectivity index (χ3n) is 4.62. The van der Waals surface area contributed by atoms with Crippen LogP contribution in [0.3, 0.4) is 0 Å². The molecule has 0 bridgehead atoms. The van der Waals surface area contributed by atoms with Gasteiger partial charge in [-0.15, -0.1) is 0 Å². The van der Waals surface area contributed by atoms with Gasteiger partial charge in [-0.25, -0.2) is 8.42 Å². The van der Waals surface area contributed by atoms with Crippen molar-refractivity contribution in [2.24, 2.45) is 0 Å². The molecular weight excluding hydrogens is 527 g/mol. The quantitative estimate of drug-likeness (QED) is 0.431. The molecule has 3 rings (SSSR count). The van der Waals surface area contributed by atoms with E-state index in [4.69, 9.17) is 4.74 Å². The number of sulfonamides is 1. The van der Waals surface area contributed by atoms with E-state index in [0.29, 0.717) is 11.4 Å². The van der Waals surface area contributed by atoms with Crippen LogP contribution in [0.2, 0.25) is 0 Å². The number of methoxy groups -OCH3 is 1. The maximum absolute atomic E-state index is 13.6. The summed E-state index contributed by atoms with van der Waals surface area (Å²) in [5, 5.41) is 2.76. The van der Waals surface area contributed by atoms with E-state index in [0.717, 1.165) is 19.0 Å². The zero-order valence-corrected chi connectivity index (χ0v) is 20.4. The Hall–Kier alpha value is -2.59. The molecule has 3 aromatic carbocycles. The van der Waals surface area contributed by atoms with Gasteiger partial charge in [-0.2, -0.15) is 0 Å². The van der Waals surface area contributed by atoms with Gasteiger partial charge in [-0.1, -0.05) is 23.8 Å². The Kier molecular flexibility index (Phi) is 7.22. The number of anilines is 2.